The van der Waals surface area contributed by atoms with E-state index in [1.807, 2.05) is 31.2 Å². The zero-order valence-electron chi connectivity index (χ0n) is 11.9. The van der Waals surface area contributed by atoms with Crippen LogP contribution < -0.4 is 5.32 Å². The van der Waals surface area contributed by atoms with Gasteiger partial charge in [-0.25, -0.2) is 0 Å². The average molecular weight is 294 g/mol. The second-order valence-corrected chi connectivity index (χ2v) is 5.00. The fourth-order valence-corrected chi connectivity index (χ4v) is 2.38. The number of benzene rings is 1. The van der Waals surface area contributed by atoms with Gasteiger partial charge in [0, 0.05) is 18.4 Å². The zero-order chi connectivity index (χ0) is 15.5. The molecule has 21 heavy (non-hydrogen) atoms. The number of likely N-dealkylation sites (N-methyl/N-ethyl adjacent to an activating group) is 1. The molecule has 1 unspecified atom stereocenters. The topological polar surface area (TPSA) is 24.9 Å². The van der Waals surface area contributed by atoms with Crippen molar-refractivity contribution < 1.29 is 13.2 Å². The Bertz CT molecular complexity index is 608. The van der Waals surface area contributed by atoms with Crippen molar-refractivity contribution in [2.45, 2.75) is 25.6 Å². The molecule has 0 amide bonds. The van der Waals surface area contributed by atoms with Crippen molar-refractivity contribution in [3.05, 3.63) is 65.0 Å². The highest BCUT2D eigenvalue weighted by Gasteiger charge is 2.35. The minimum Gasteiger partial charge on any atom is -0.313 e. The van der Waals surface area contributed by atoms with Gasteiger partial charge in [0.2, 0.25) is 0 Å². The Balaban J connectivity index is 2.34. The smallest absolute Gasteiger partial charge is 0.313 e. The van der Waals surface area contributed by atoms with Crippen molar-refractivity contribution in [2.24, 2.45) is 0 Å². The van der Waals surface area contributed by atoms with Crippen LogP contribution in [0.1, 0.15) is 28.3 Å². The summed E-state index contributed by atoms with van der Waals surface area (Å²) in [7, 11) is 1.66. The first-order valence-corrected chi connectivity index (χ1v) is 6.65. The van der Waals surface area contributed by atoms with Crippen molar-refractivity contribution in [1.29, 1.82) is 0 Å². The molecule has 2 aromatic rings. The first-order chi connectivity index (χ1) is 9.91. The monoisotopic (exact) mass is 294 g/mol. The maximum atomic E-state index is 13.1. The summed E-state index contributed by atoms with van der Waals surface area (Å²) in [6.45, 7) is 1.96. The van der Waals surface area contributed by atoms with Gasteiger partial charge in [-0.3, -0.25) is 4.98 Å². The normalized spacial score (nSPS) is 13.2. The summed E-state index contributed by atoms with van der Waals surface area (Å²) in [5, 5.41) is 2.96. The SMILES string of the molecule is CNC(Cc1cccc(C)c1)c1cnccc1C(F)(F)F. The molecular formula is C16H17F3N2. The van der Waals surface area contributed by atoms with E-state index in [-0.39, 0.29) is 5.56 Å². The highest BCUT2D eigenvalue weighted by atomic mass is 19.4. The minimum atomic E-state index is -4.38. The Morgan fingerprint density at radius 1 is 1.24 bits per heavy atom. The molecule has 0 fully saturated rings. The molecule has 1 N–H and O–H groups in total. The Morgan fingerprint density at radius 2 is 2.00 bits per heavy atom. The lowest BCUT2D eigenvalue weighted by atomic mass is 9.95. The van der Waals surface area contributed by atoms with Crippen LogP contribution in [-0.2, 0) is 12.6 Å². The maximum Gasteiger partial charge on any atom is 0.416 e. The third-order valence-corrected chi connectivity index (χ3v) is 3.40. The van der Waals surface area contributed by atoms with Crippen LogP contribution in [0.25, 0.3) is 0 Å². The molecular weight excluding hydrogens is 277 g/mol. The van der Waals surface area contributed by atoms with Crippen molar-refractivity contribution >= 4 is 0 Å². The fraction of sp³-hybridized carbons (Fsp3) is 0.312. The largest absolute Gasteiger partial charge is 0.416 e. The zero-order valence-corrected chi connectivity index (χ0v) is 11.9. The van der Waals surface area contributed by atoms with Crippen LogP contribution in [0.15, 0.2) is 42.7 Å². The predicted octanol–water partition coefficient (Wildman–Crippen LogP) is 3.91. The third kappa shape index (κ3) is 3.82. The van der Waals surface area contributed by atoms with E-state index in [1.54, 1.807) is 7.05 Å². The van der Waals surface area contributed by atoms with E-state index < -0.39 is 17.8 Å². The van der Waals surface area contributed by atoms with Crippen molar-refractivity contribution in [2.75, 3.05) is 7.05 Å². The molecule has 0 radical (unpaired) electrons. The number of hydrogen-bond acceptors (Lipinski definition) is 2. The van der Waals surface area contributed by atoms with Gasteiger partial charge in [-0.1, -0.05) is 29.8 Å². The van der Waals surface area contributed by atoms with Crippen molar-refractivity contribution in [3.63, 3.8) is 0 Å². The maximum absolute atomic E-state index is 13.1. The quantitative estimate of drug-likeness (QED) is 0.924. The standard InChI is InChI=1S/C16H17F3N2/c1-11-4-3-5-12(8-11)9-15(20-2)13-10-21-7-6-14(13)16(17,18)19/h3-8,10,15,20H,9H2,1-2H3. The van der Waals surface area contributed by atoms with Crippen molar-refractivity contribution in [3.8, 4) is 0 Å². The van der Waals surface area contributed by atoms with Crippen molar-refractivity contribution in [1.82, 2.24) is 10.3 Å². The summed E-state index contributed by atoms with van der Waals surface area (Å²) in [4.78, 5) is 3.85. The lowest BCUT2D eigenvalue weighted by molar-refractivity contribution is -0.138. The number of hydrogen-bond donors (Lipinski definition) is 1. The van der Waals surface area contributed by atoms with Gasteiger partial charge in [-0.15, -0.1) is 0 Å². The van der Waals surface area contributed by atoms with Gasteiger partial charge < -0.3 is 5.32 Å². The van der Waals surface area contributed by atoms with Gasteiger partial charge in [-0.2, -0.15) is 13.2 Å². The molecule has 1 atom stereocenters. The molecule has 1 aromatic heterocycles. The van der Waals surface area contributed by atoms with E-state index >= 15 is 0 Å². The number of halogens is 3. The molecule has 1 heterocycles. The van der Waals surface area contributed by atoms with Gasteiger partial charge in [0.05, 0.1) is 5.56 Å². The van der Waals surface area contributed by atoms with E-state index in [9.17, 15) is 13.2 Å². The predicted molar refractivity (Wildman–Crippen MR) is 75.9 cm³/mol. The van der Waals surface area contributed by atoms with Gasteiger partial charge in [0.15, 0.2) is 0 Å². The molecule has 0 aliphatic rings. The van der Waals surface area contributed by atoms with E-state index in [1.165, 1.54) is 12.4 Å². The summed E-state index contributed by atoms with van der Waals surface area (Å²) >= 11 is 0. The fourth-order valence-electron chi connectivity index (χ4n) is 2.38. The number of nitrogens with zero attached hydrogens (tertiary/aromatic N) is 1. The Labute approximate surface area is 122 Å². The lowest BCUT2D eigenvalue weighted by Gasteiger charge is -2.21. The first-order valence-electron chi connectivity index (χ1n) is 6.65. The van der Waals surface area contributed by atoms with Crippen LogP contribution in [0.3, 0.4) is 0 Å². The second kappa shape index (κ2) is 6.26. The van der Waals surface area contributed by atoms with Gasteiger partial charge in [-0.05, 0) is 37.6 Å². The minimum absolute atomic E-state index is 0.175. The second-order valence-electron chi connectivity index (χ2n) is 5.00. The van der Waals surface area contributed by atoms with Gasteiger partial charge >= 0.3 is 6.18 Å². The van der Waals surface area contributed by atoms with E-state index in [0.717, 1.165) is 17.2 Å². The first kappa shape index (κ1) is 15.5. The molecule has 0 saturated carbocycles. The van der Waals surface area contributed by atoms with Crippen LogP contribution in [0.4, 0.5) is 13.2 Å². The third-order valence-electron chi connectivity index (χ3n) is 3.40. The van der Waals surface area contributed by atoms with Gasteiger partial charge in [0.25, 0.3) is 0 Å². The van der Waals surface area contributed by atoms with E-state index in [4.69, 9.17) is 0 Å². The molecule has 0 aliphatic carbocycles. The van der Waals surface area contributed by atoms with Crippen LogP contribution in [0.2, 0.25) is 0 Å². The molecule has 5 heteroatoms. The van der Waals surface area contributed by atoms with E-state index in [2.05, 4.69) is 10.3 Å². The van der Waals surface area contributed by atoms with Crippen LogP contribution >= 0.6 is 0 Å². The lowest BCUT2D eigenvalue weighted by Crippen LogP contribution is -2.23. The molecule has 0 spiro atoms. The van der Waals surface area contributed by atoms with Crippen LogP contribution in [0, 0.1) is 6.92 Å². The molecule has 1 aromatic carbocycles. The average Bonchev–Trinajstić information content (AvgIpc) is 2.44. The number of rotatable bonds is 4. The number of aromatic nitrogens is 1. The summed E-state index contributed by atoms with van der Waals surface area (Å²) in [6.07, 6.45) is -1.43. The van der Waals surface area contributed by atoms with Crippen LogP contribution in [0.5, 0.6) is 0 Å². The summed E-state index contributed by atoms with van der Waals surface area (Å²) in [6, 6.07) is 8.36. The Morgan fingerprint density at radius 3 is 2.62 bits per heavy atom. The van der Waals surface area contributed by atoms with Gasteiger partial charge in [0.1, 0.15) is 0 Å². The molecule has 0 saturated heterocycles. The molecule has 0 bridgehead atoms. The highest BCUT2D eigenvalue weighted by molar-refractivity contribution is 5.32. The molecule has 2 rings (SSSR count). The Kier molecular flexibility index (Phi) is 4.63. The number of aryl methyl sites for hydroxylation is 1. The summed E-state index contributed by atoms with van der Waals surface area (Å²) in [5.41, 5.74) is 1.62. The molecule has 2 nitrogen and oxygen atoms in total. The number of alkyl halides is 3. The summed E-state index contributed by atoms with van der Waals surface area (Å²) in [5.74, 6) is 0. The highest BCUT2D eigenvalue weighted by Crippen LogP contribution is 2.34. The Hall–Kier alpha value is -1.88. The molecule has 0 aliphatic heterocycles. The number of pyridine rings is 1. The number of nitrogens with one attached hydrogen (secondary N) is 1. The summed E-state index contributed by atoms with van der Waals surface area (Å²) < 4.78 is 39.3. The van der Waals surface area contributed by atoms with Crippen LogP contribution in [-0.4, -0.2) is 12.0 Å². The molecule has 112 valence electrons. The van der Waals surface area contributed by atoms with E-state index in [0.29, 0.717) is 6.42 Å².